The molecule has 0 saturated carbocycles. The molecule has 0 spiro atoms. The topological polar surface area (TPSA) is 145 Å². The van der Waals surface area contributed by atoms with Crippen molar-refractivity contribution < 1.29 is 29.4 Å². The number of carboxylic acids is 2. The highest BCUT2D eigenvalue weighted by molar-refractivity contribution is 6.30. The van der Waals surface area contributed by atoms with Gasteiger partial charge in [0.15, 0.2) is 0 Å². The van der Waals surface area contributed by atoms with E-state index in [9.17, 15) is 24.3 Å². The fourth-order valence-electron chi connectivity index (χ4n) is 2.66. The molecule has 3 atom stereocenters. The number of carbonyl (C=O) groups is 4. The minimum atomic E-state index is -1.37. The van der Waals surface area contributed by atoms with Crippen molar-refractivity contribution in [1.82, 2.24) is 16.0 Å². The van der Waals surface area contributed by atoms with Crippen LogP contribution in [0.1, 0.15) is 38.3 Å². The van der Waals surface area contributed by atoms with Gasteiger partial charge in [0.2, 0.25) is 11.8 Å². The Labute approximate surface area is 173 Å². The standard InChI is InChI=1S/C19H26ClN3O6/c1-10(2)15(17(26)22-13(19(28)29)8-9-14(24)25)23-18(27)16(21-3)11-4-6-12(20)7-5-11/h4-7,10,13,15-16,21H,8-9H2,1-3H3,(H,22,26)(H,23,27)(H,24,25)(H,28,29)/t13-,15+,16?/m1/s1. The summed E-state index contributed by atoms with van der Waals surface area (Å²) in [6, 6.07) is 3.52. The van der Waals surface area contributed by atoms with Crippen molar-refractivity contribution in [2.45, 2.75) is 44.8 Å². The van der Waals surface area contributed by atoms with Crippen LogP contribution in [0, 0.1) is 5.92 Å². The Balaban J connectivity index is 2.90. The molecule has 0 aliphatic rings. The van der Waals surface area contributed by atoms with E-state index < -0.39 is 48.3 Å². The molecule has 1 rings (SSSR count). The molecule has 0 radical (unpaired) electrons. The van der Waals surface area contributed by atoms with Crippen LogP contribution in [0.2, 0.25) is 5.02 Å². The van der Waals surface area contributed by atoms with Gasteiger partial charge in [0.1, 0.15) is 18.1 Å². The first-order valence-corrected chi connectivity index (χ1v) is 9.42. The first-order chi connectivity index (χ1) is 13.6. The molecule has 1 aromatic carbocycles. The summed E-state index contributed by atoms with van der Waals surface area (Å²) in [6.07, 6.45) is -0.673. The quantitative estimate of drug-likeness (QED) is 0.356. The Kier molecular flexibility index (Phi) is 9.57. The van der Waals surface area contributed by atoms with E-state index in [1.54, 1.807) is 45.2 Å². The minimum Gasteiger partial charge on any atom is -0.481 e. The van der Waals surface area contributed by atoms with Crippen LogP contribution in [0.25, 0.3) is 0 Å². The monoisotopic (exact) mass is 427 g/mol. The third kappa shape index (κ3) is 7.71. The first kappa shape index (κ1) is 24.4. The van der Waals surface area contributed by atoms with Crippen LogP contribution in [0.5, 0.6) is 0 Å². The Morgan fingerprint density at radius 1 is 1.00 bits per heavy atom. The lowest BCUT2D eigenvalue weighted by molar-refractivity contribution is -0.143. The SMILES string of the molecule is CNC(C(=O)N[C@H](C(=O)N[C@H](CCC(=O)O)C(=O)O)C(C)C)c1ccc(Cl)cc1. The van der Waals surface area contributed by atoms with Gasteiger partial charge in [-0.05, 0) is 37.1 Å². The first-order valence-electron chi connectivity index (χ1n) is 9.04. The van der Waals surface area contributed by atoms with E-state index in [1.807, 2.05) is 0 Å². The van der Waals surface area contributed by atoms with Gasteiger partial charge in [-0.3, -0.25) is 14.4 Å². The summed E-state index contributed by atoms with van der Waals surface area (Å²) in [5, 5.41) is 26.3. The van der Waals surface area contributed by atoms with Gasteiger partial charge in [-0.2, -0.15) is 0 Å². The highest BCUT2D eigenvalue weighted by Gasteiger charge is 2.31. The third-order valence-corrected chi connectivity index (χ3v) is 4.51. The maximum absolute atomic E-state index is 12.7. The Morgan fingerprint density at radius 2 is 1.59 bits per heavy atom. The Hall–Kier alpha value is -2.65. The normalized spacial score (nSPS) is 14.0. The smallest absolute Gasteiger partial charge is 0.326 e. The molecule has 9 nitrogen and oxygen atoms in total. The Morgan fingerprint density at radius 3 is 2.03 bits per heavy atom. The van der Waals surface area contributed by atoms with Gasteiger partial charge in [0, 0.05) is 11.4 Å². The van der Waals surface area contributed by atoms with Gasteiger partial charge in [-0.1, -0.05) is 37.6 Å². The number of aliphatic carboxylic acids is 2. The zero-order chi connectivity index (χ0) is 22.1. The summed E-state index contributed by atoms with van der Waals surface area (Å²) < 4.78 is 0. The van der Waals surface area contributed by atoms with E-state index >= 15 is 0 Å². The van der Waals surface area contributed by atoms with Crippen LogP contribution in [0.4, 0.5) is 0 Å². The fourth-order valence-corrected chi connectivity index (χ4v) is 2.79. The molecule has 0 bridgehead atoms. The molecule has 29 heavy (non-hydrogen) atoms. The minimum absolute atomic E-state index is 0.265. The maximum Gasteiger partial charge on any atom is 0.326 e. The van der Waals surface area contributed by atoms with Gasteiger partial charge >= 0.3 is 11.9 Å². The molecule has 1 unspecified atom stereocenters. The lowest BCUT2D eigenvalue weighted by Crippen LogP contribution is -2.55. The molecule has 0 fully saturated rings. The van der Waals surface area contributed by atoms with Gasteiger partial charge in [-0.25, -0.2) is 4.79 Å². The number of carbonyl (C=O) groups excluding carboxylic acids is 2. The maximum atomic E-state index is 12.7. The molecular weight excluding hydrogens is 402 g/mol. The number of rotatable bonds is 11. The second-order valence-corrected chi connectivity index (χ2v) is 7.27. The number of amides is 2. The van der Waals surface area contributed by atoms with Gasteiger partial charge in [0.05, 0.1) is 0 Å². The molecule has 5 N–H and O–H groups in total. The molecule has 0 heterocycles. The summed E-state index contributed by atoms with van der Waals surface area (Å²) in [4.78, 5) is 47.3. The lowest BCUT2D eigenvalue weighted by atomic mass is 10.0. The highest BCUT2D eigenvalue weighted by Crippen LogP contribution is 2.17. The molecule has 0 aliphatic carbocycles. The summed E-state index contributed by atoms with van der Waals surface area (Å²) in [6.45, 7) is 3.41. The van der Waals surface area contributed by atoms with Crippen molar-refractivity contribution in [2.75, 3.05) is 7.05 Å². The Bertz CT molecular complexity index is 738. The van der Waals surface area contributed by atoms with Crippen molar-refractivity contribution in [3.63, 3.8) is 0 Å². The largest absolute Gasteiger partial charge is 0.481 e. The lowest BCUT2D eigenvalue weighted by Gasteiger charge is -2.26. The van der Waals surface area contributed by atoms with E-state index in [0.29, 0.717) is 10.6 Å². The van der Waals surface area contributed by atoms with E-state index in [-0.39, 0.29) is 12.3 Å². The van der Waals surface area contributed by atoms with E-state index in [1.165, 1.54) is 0 Å². The highest BCUT2D eigenvalue weighted by atomic mass is 35.5. The zero-order valence-electron chi connectivity index (χ0n) is 16.4. The number of nitrogens with one attached hydrogen (secondary N) is 3. The third-order valence-electron chi connectivity index (χ3n) is 4.26. The van der Waals surface area contributed by atoms with Crippen LogP contribution in [-0.4, -0.2) is 53.1 Å². The second-order valence-electron chi connectivity index (χ2n) is 6.84. The van der Waals surface area contributed by atoms with Crippen molar-refractivity contribution in [3.8, 4) is 0 Å². The van der Waals surface area contributed by atoms with Crippen LogP contribution in [0.3, 0.4) is 0 Å². The predicted molar refractivity (Wildman–Crippen MR) is 106 cm³/mol. The number of likely N-dealkylation sites (N-methyl/N-ethyl adjacent to an activating group) is 1. The van der Waals surface area contributed by atoms with Crippen LogP contribution in [-0.2, 0) is 19.2 Å². The molecule has 0 saturated heterocycles. The number of carboxylic acid groups (broad SMARTS) is 2. The van der Waals surface area contributed by atoms with Crippen molar-refractivity contribution in [2.24, 2.45) is 5.92 Å². The molecule has 1 aromatic rings. The molecule has 0 aliphatic heterocycles. The van der Waals surface area contributed by atoms with E-state index in [0.717, 1.165) is 0 Å². The number of hydrogen-bond acceptors (Lipinski definition) is 5. The van der Waals surface area contributed by atoms with Crippen LogP contribution < -0.4 is 16.0 Å². The molecule has 10 heteroatoms. The number of benzene rings is 1. The van der Waals surface area contributed by atoms with E-state index in [4.69, 9.17) is 16.7 Å². The van der Waals surface area contributed by atoms with Gasteiger partial charge < -0.3 is 26.2 Å². The van der Waals surface area contributed by atoms with Crippen LogP contribution in [0.15, 0.2) is 24.3 Å². The fraction of sp³-hybridized carbons (Fsp3) is 0.474. The average Bonchev–Trinajstić information content (AvgIpc) is 2.64. The predicted octanol–water partition coefficient (Wildman–Crippen LogP) is 1.18. The van der Waals surface area contributed by atoms with Crippen LogP contribution >= 0.6 is 11.6 Å². The average molecular weight is 428 g/mol. The summed E-state index contributed by atoms with van der Waals surface area (Å²) in [7, 11) is 1.59. The molecular formula is C19H26ClN3O6. The molecule has 160 valence electrons. The second kappa shape index (κ2) is 11.4. The van der Waals surface area contributed by atoms with Gasteiger partial charge in [-0.15, -0.1) is 0 Å². The van der Waals surface area contributed by atoms with Crippen molar-refractivity contribution >= 4 is 35.4 Å². The van der Waals surface area contributed by atoms with Gasteiger partial charge in [0.25, 0.3) is 0 Å². The number of hydrogen-bond donors (Lipinski definition) is 5. The van der Waals surface area contributed by atoms with Crippen molar-refractivity contribution in [1.29, 1.82) is 0 Å². The zero-order valence-corrected chi connectivity index (χ0v) is 17.2. The number of halogens is 1. The summed E-state index contributed by atoms with van der Waals surface area (Å²) in [5.74, 6) is -4.02. The summed E-state index contributed by atoms with van der Waals surface area (Å²) in [5.41, 5.74) is 0.641. The summed E-state index contributed by atoms with van der Waals surface area (Å²) >= 11 is 5.87. The molecule has 2 amide bonds. The van der Waals surface area contributed by atoms with Crippen molar-refractivity contribution in [3.05, 3.63) is 34.9 Å². The van der Waals surface area contributed by atoms with E-state index in [2.05, 4.69) is 16.0 Å². The molecule has 0 aromatic heterocycles.